The summed E-state index contributed by atoms with van der Waals surface area (Å²) in [6.45, 7) is -0.793. The van der Waals surface area contributed by atoms with Crippen LogP contribution in [0.1, 0.15) is 11.7 Å². The molecule has 0 aromatic heterocycles. The first-order valence-corrected chi connectivity index (χ1v) is 6.83. The average molecular weight is 316 g/mol. The van der Waals surface area contributed by atoms with Crippen LogP contribution in [0.4, 0.5) is 0 Å². The molecule has 6 atom stereocenters. The molecule has 1 aromatic carbocycles. The van der Waals surface area contributed by atoms with Crippen molar-refractivity contribution >= 4 is 0 Å². The molecule has 8 nitrogen and oxygen atoms in total. The molecule has 2 rings (SSSR count). The fourth-order valence-corrected chi connectivity index (χ4v) is 2.18. The summed E-state index contributed by atoms with van der Waals surface area (Å²) in [4.78, 5) is 0. The predicted octanol–water partition coefficient (Wildman–Crippen LogP) is -1.76. The van der Waals surface area contributed by atoms with Crippen LogP contribution in [0.2, 0.25) is 0 Å². The Bertz CT molecular complexity index is 462. The van der Waals surface area contributed by atoms with Crippen LogP contribution < -0.4 is 0 Å². The summed E-state index contributed by atoms with van der Waals surface area (Å²) in [5, 5.41) is 57.2. The second-order valence-corrected chi connectivity index (χ2v) is 5.14. The average Bonchev–Trinajstić information content (AvgIpc) is 2.52. The Kier molecular flexibility index (Phi) is 5.70. The maximum Gasteiger partial charge on any atom is 0.186 e. The highest BCUT2D eigenvalue weighted by molar-refractivity contribution is 5.27. The van der Waals surface area contributed by atoms with Crippen LogP contribution in [-0.2, 0) is 9.47 Å². The van der Waals surface area contributed by atoms with Gasteiger partial charge >= 0.3 is 0 Å². The van der Waals surface area contributed by atoms with Gasteiger partial charge in [-0.15, -0.1) is 0 Å². The van der Waals surface area contributed by atoms with E-state index in [-0.39, 0.29) is 12.4 Å². The van der Waals surface area contributed by atoms with Crippen molar-refractivity contribution in [3.05, 3.63) is 29.8 Å². The van der Waals surface area contributed by atoms with Crippen LogP contribution >= 0.6 is 0 Å². The summed E-state index contributed by atoms with van der Waals surface area (Å²) < 4.78 is 10.4. The van der Waals surface area contributed by atoms with Crippen molar-refractivity contribution in [3.63, 3.8) is 0 Å². The third-order valence-corrected chi connectivity index (χ3v) is 3.54. The maximum atomic E-state index is 9.96. The molecule has 1 saturated heterocycles. The van der Waals surface area contributed by atoms with E-state index >= 15 is 0 Å². The Balaban J connectivity index is 1.93. The SMILES string of the molecule is OC[C@H]1O[C@@H](OC[C@@H](O)c2ccc(O)cc2)[C@H](O)[C@@H](O)[C@@H]1O. The molecule has 22 heavy (non-hydrogen) atoms. The number of benzene rings is 1. The van der Waals surface area contributed by atoms with E-state index in [2.05, 4.69) is 0 Å². The number of aliphatic hydroxyl groups excluding tert-OH is 5. The van der Waals surface area contributed by atoms with Crippen molar-refractivity contribution in [2.24, 2.45) is 0 Å². The Hall–Kier alpha value is -1.26. The zero-order chi connectivity index (χ0) is 16.3. The van der Waals surface area contributed by atoms with Crippen LogP contribution in [0.25, 0.3) is 0 Å². The monoisotopic (exact) mass is 316 g/mol. The fraction of sp³-hybridized carbons (Fsp3) is 0.571. The van der Waals surface area contributed by atoms with E-state index in [1.54, 1.807) is 0 Å². The molecule has 1 aromatic rings. The Morgan fingerprint density at radius 1 is 1.05 bits per heavy atom. The van der Waals surface area contributed by atoms with Gasteiger partial charge in [-0.25, -0.2) is 0 Å². The van der Waals surface area contributed by atoms with Gasteiger partial charge in [0.05, 0.1) is 13.2 Å². The molecule has 0 unspecified atom stereocenters. The molecule has 0 amide bonds. The first kappa shape index (κ1) is 17.1. The van der Waals surface area contributed by atoms with Gasteiger partial charge in [0.25, 0.3) is 0 Å². The fourth-order valence-electron chi connectivity index (χ4n) is 2.18. The molecule has 1 fully saturated rings. The normalized spacial score (nSPS) is 33.6. The van der Waals surface area contributed by atoms with Crippen molar-refractivity contribution < 1.29 is 40.1 Å². The van der Waals surface area contributed by atoms with Crippen molar-refractivity contribution in [1.82, 2.24) is 0 Å². The lowest BCUT2D eigenvalue weighted by molar-refractivity contribution is -0.304. The highest BCUT2D eigenvalue weighted by atomic mass is 16.7. The molecular formula is C14H20O8. The molecule has 0 aliphatic carbocycles. The summed E-state index contributed by atoms with van der Waals surface area (Å²) >= 11 is 0. The number of aromatic hydroxyl groups is 1. The summed E-state index contributed by atoms with van der Waals surface area (Å²) in [5.74, 6) is 0.0609. The van der Waals surface area contributed by atoms with Crippen molar-refractivity contribution in [1.29, 1.82) is 0 Å². The minimum absolute atomic E-state index is 0.0609. The van der Waals surface area contributed by atoms with E-state index in [9.17, 15) is 25.5 Å². The second-order valence-electron chi connectivity index (χ2n) is 5.14. The van der Waals surface area contributed by atoms with E-state index in [4.69, 9.17) is 14.6 Å². The number of ether oxygens (including phenoxy) is 2. The predicted molar refractivity (Wildman–Crippen MR) is 72.8 cm³/mol. The van der Waals surface area contributed by atoms with Crippen LogP contribution in [0.3, 0.4) is 0 Å². The van der Waals surface area contributed by atoms with E-state index in [1.807, 2.05) is 0 Å². The van der Waals surface area contributed by atoms with Crippen molar-refractivity contribution in [2.45, 2.75) is 36.8 Å². The van der Waals surface area contributed by atoms with E-state index in [0.717, 1.165) is 0 Å². The highest BCUT2D eigenvalue weighted by Crippen LogP contribution is 2.24. The number of phenols is 1. The van der Waals surface area contributed by atoms with Crippen LogP contribution in [0, 0.1) is 0 Å². The van der Waals surface area contributed by atoms with Gasteiger partial charge in [-0.1, -0.05) is 12.1 Å². The lowest BCUT2D eigenvalue weighted by atomic mass is 9.99. The summed E-state index contributed by atoms with van der Waals surface area (Å²) in [5.41, 5.74) is 0.488. The lowest BCUT2D eigenvalue weighted by Crippen LogP contribution is -2.59. The second kappa shape index (κ2) is 7.34. The zero-order valence-electron chi connectivity index (χ0n) is 11.7. The van der Waals surface area contributed by atoms with Crippen LogP contribution in [0.5, 0.6) is 5.75 Å². The molecule has 1 aliphatic rings. The standard InChI is InChI=1S/C14H20O8/c15-5-10-11(18)12(19)13(20)14(22-10)21-6-9(17)7-1-3-8(16)4-2-7/h1-4,9-20H,5-6H2/t9-,10-,11-,12+,13-,14-/m1/s1. The van der Waals surface area contributed by atoms with Crippen LogP contribution in [-0.4, -0.2) is 74.6 Å². The molecule has 1 aliphatic heterocycles. The van der Waals surface area contributed by atoms with E-state index < -0.39 is 43.4 Å². The lowest BCUT2D eigenvalue weighted by Gasteiger charge is -2.39. The Labute approximate surface area is 126 Å². The number of aliphatic hydroxyl groups is 5. The molecule has 0 bridgehead atoms. The van der Waals surface area contributed by atoms with Gasteiger partial charge in [0.2, 0.25) is 0 Å². The van der Waals surface area contributed by atoms with Gasteiger partial charge in [0.15, 0.2) is 6.29 Å². The van der Waals surface area contributed by atoms with Gasteiger partial charge in [0, 0.05) is 0 Å². The topological polar surface area (TPSA) is 140 Å². The van der Waals surface area contributed by atoms with Gasteiger partial charge in [-0.2, -0.15) is 0 Å². The molecule has 1 heterocycles. The molecule has 6 N–H and O–H groups in total. The quantitative estimate of drug-likeness (QED) is 0.375. The summed E-state index contributed by atoms with van der Waals surface area (Å²) in [6, 6.07) is 5.84. The van der Waals surface area contributed by atoms with E-state index in [1.165, 1.54) is 24.3 Å². The zero-order valence-corrected chi connectivity index (χ0v) is 11.7. The third-order valence-electron chi connectivity index (χ3n) is 3.54. The Morgan fingerprint density at radius 3 is 2.27 bits per heavy atom. The van der Waals surface area contributed by atoms with E-state index in [0.29, 0.717) is 5.56 Å². The largest absolute Gasteiger partial charge is 0.508 e. The summed E-state index contributed by atoms with van der Waals surface area (Å²) in [6.07, 6.45) is -7.88. The summed E-state index contributed by atoms with van der Waals surface area (Å²) in [7, 11) is 0. The molecule has 0 spiro atoms. The van der Waals surface area contributed by atoms with Gasteiger partial charge in [0.1, 0.15) is 36.3 Å². The van der Waals surface area contributed by atoms with Crippen LogP contribution in [0.15, 0.2) is 24.3 Å². The number of hydrogen-bond acceptors (Lipinski definition) is 8. The molecule has 0 saturated carbocycles. The molecular weight excluding hydrogens is 296 g/mol. The number of phenolic OH excluding ortho intramolecular Hbond substituents is 1. The molecule has 124 valence electrons. The smallest absolute Gasteiger partial charge is 0.186 e. The first-order chi connectivity index (χ1) is 10.4. The maximum absolute atomic E-state index is 9.96. The minimum Gasteiger partial charge on any atom is -0.508 e. The van der Waals surface area contributed by atoms with Gasteiger partial charge in [-0.05, 0) is 17.7 Å². The minimum atomic E-state index is -1.53. The van der Waals surface area contributed by atoms with Gasteiger partial charge < -0.3 is 40.1 Å². The first-order valence-electron chi connectivity index (χ1n) is 6.83. The highest BCUT2D eigenvalue weighted by Gasteiger charge is 2.44. The molecule has 8 heteroatoms. The van der Waals surface area contributed by atoms with Gasteiger partial charge in [-0.3, -0.25) is 0 Å². The number of rotatable bonds is 5. The van der Waals surface area contributed by atoms with Crippen molar-refractivity contribution in [2.75, 3.05) is 13.2 Å². The Morgan fingerprint density at radius 2 is 1.68 bits per heavy atom. The molecule has 0 radical (unpaired) electrons. The third kappa shape index (κ3) is 3.73. The van der Waals surface area contributed by atoms with Crippen molar-refractivity contribution in [3.8, 4) is 5.75 Å². The number of hydrogen-bond donors (Lipinski definition) is 6.